The SMILES string of the molecule is Cc1c(-c2cccc(C(=O)O)c2)cccc1C1(c2ccccc2)N=C(N)N(C)C1=O.O=C(O)C(F)(F)F. The third-order valence-corrected chi connectivity index (χ3v) is 5.82. The number of amides is 1. The van der Waals surface area contributed by atoms with E-state index < -0.39 is 23.7 Å². The molecule has 3 aromatic carbocycles. The van der Waals surface area contributed by atoms with Gasteiger partial charge in [0.1, 0.15) is 0 Å². The third-order valence-electron chi connectivity index (χ3n) is 5.82. The number of nitrogens with zero attached hydrogens (tertiary/aromatic N) is 2. The van der Waals surface area contributed by atoms with Crippen molar-refractivity contribution in [2.45, 2.75) is 18.6 Å². The minimum absolute atomic E-state index is 0.154. The van der Waals surface area contributed by atoms with Crippen molar-refractivity contribution < 1.29 is 37.8 Å². The largest absolute Gasteiger partial charge is 0.490 e. The lowest BCUT2D eigenvalue weighted by molar-refractivity contribution is -0.192. The summed E-state index contributed by atoms with van der Waals surface area (Å²) in [6.07, 6.45) is -5.08. The van der Waals surface area contributed by atoms with Crippen molar-refractivity contribution >= 4 is 23.8 Å². The molecule has 0 saturated heterocycles. The topological polar surface area (TPSA) is 133 Å². The van der Waals surface area contributed by atoms with Crippen molar-refractivity contribution in [2.24, 2.45) is 10.7 Å². The van der Waals surface area contributed by atoms with Gasteiger partial charge in [0.15, 0.2) is 11.5 Å². The van der Waals surface area contributed by atoms with Gasteiger partial charge >= 0.3 is 18.1 Å². The van der Waals surface area contributed by atoms with Crippen LogP contribution in [0.3, 0.4) is 0 Å². The molecule has 0 fully saturated rings. The van der Waals surface area contributed by atoms with Gasteiger partial charge in [0.05, 0.1) is 5.56 Å². The quantitative estimate of drug-likeness (QED) is 0.483. The second-order valence-electron chi connectivity index (χ2n) is 8.08. The molecule has 8 nitrogen and oxygen atoms in total. The van der Waals surface area contributed by atoms with E-state index in [0.29, 0.717) is 5.56 Å². The highest BCUT2D eigenvalue weighted by atomic mass is 19.4. The summed E-state index contributed by atoms with van der Waals surface area (Å²) < 4.78 is 31.7. The van der Waals surface area contributed by atoms with Gasteiger partial charge in [-0.05, 0) is 46.9 Å². The standard InChI is InChI=1S/C24H21N3O3.C2HF3O2/c1-15-19(16-8-6-9-17(14-16)21(28)29)12-7-13-20(15)24(18-10-4-3-5-11-18)22(30)27(2)23(25)26-24;3-2(4,5)1(6)7/h3-14H,1-2H3,(H2,25,26)(H,28,29);(H,6,7). The summed E-state index contributed by atoms with van der Waals surface area (Å²) in [5, 5.41) is 16.5. The molecule has 0 saturated carbocycles. The molecule has 1 unspecified atom stereocenters. The van der Waals surface area contributed by atoms with Crippen LogP contribution in [0.2, 0.25) is 0 Å². The molecular weight excluding hydrogens is 491 g/mol. The lowest BCUT2D eigenvalue weighted by atomic mass is 9.79. The molecule has 0 aliphatic carbocycles. The monoisotopic (exact) mass is 513 g/mol. The molecule has 1 amide bonds. The molecule has 1 aliphatic heterocycles. The fourth-order valence-corrected chi connectivity index (χ4v) is 4.00. The average molecular weight is 513 g/mol. The van der Waals surface area contributed by atoms with Crippen molar-refractivity contribution in [1.29, 1.82) is 0 Å². The zero-order valence-electron chi connectivity index (χ0n) is 19.7. The molecule has 0 spiro atoms. The first kappa shape index (κ1) is 26.9. The number of likely N-dealkylation sites (N-methyl/N-ethyl adjacent to an activating group) is 1. The smallest absolute Gasteiger partial charge is 0.478 e. The first-order valence-corrected chi connectivity index (χ1v) is 10.7. The summed E-state index contributed by atoms with van der Waals surface area (Å²) in [5.41, 5.74) is 8.84. The van der Waals surface area contributed by atoms with E-state index >= 15 is 0 Å². The summed E-state index contributed by atoms with van der Waals surface area (Å²) in [7, 11) is 1.61. The van der Waals surface area contributed by atoms with Crippen molar-refractivity contribution in [2.75, 3.05) is 7.05 Å². The van der Waals surface area contributed by atoms with Crippen LogP contribution in [0.15, 0.2) is 77.8 Å². The molecule has 1 heterocycles. The van der Waals surface area contributed by atoms with Gasteiger partial charge in [-0.2, -0.15) is 13.2 Å². The van der Waals surface area contributed by atoms with Crippen LogP contribution in [0.5, 0.6) is 0 Å². The number of carbonyl (C=O) groups is 3. The number of carbonyl (C=O) groups excluding carboxylic acids is 1. The number of hydrogen-bond acceptors (Lipinski definition) is 5. The molecule has 4 rings (SSSR count). The Morgan fingerprint density at radius 1 is 0.973 bits per heavy atom. The number of carboxylic acids is 2. The number of nitrogens with two attached hydrogens (primary N) is 1. The molecule has 3 aromatic rings. The number of aliphatic carboxylic acids is 1. The maximum absolute atomic E-state index is 13.4. The van der Waals surface area contributed by atoms with Crippen LogP contribution < -0.4 is 5.73 Å². The predicted molar refractivity (Wildman–Crippen MR) is 129 cm³/mol. The zero-order chi connectivity index (χ0) is 27.5. The number of hydrogen-bond donors (Lipinski definition) is 3. The van der Waals surface area contributed by atoms with E-state index in [4.69, 9.17) is 15.6 Å². The molecule has 4 N–H and O–H groups in total. The maximum Gasteiger partial charge on any atom is 0.490 e. The first-order chi connectivity index (χ1) is 17.3. The van der Waals surface area contributed by atoms with Gasteiger partial charge in [-0.25, -0.2) is 14.6 Å². The zero-order valence-corrected chi connectivity index (χ0v) is 19.7. The Morgan fingerprint density at radius 2 is 1.57 bits per heavy atom. The Balaban J connectivity index is 0.000000479. The van der Waals surface area contributed by atoms with Gasteiger partial charge in [-0.1, -0.05) is 60.7 Å². The van der Waals surface area contributed by atoms with Crippen molar-refractivity contribution in [3.05, 3.63) is 95.1 Å². The van der Waals surface area contributed by atoms with Gasteiger partial charge in [-0.3, -0.25) is 9.69 Å². The fraction of sp³-hybridized carbons (Fsp3) is 0.154. The van der Waals surface area contributed by atoms with Gasteiger partial charge < -0.3 is 15.9 Å². The number of rotatable bonds is 4. The molecule has 1 aliphatic rings. The number of aliphatic imine (C=N–C) groups is 1. The molecule has 0 radical (unpaired) electrons. The number of benzene rings is 3. The molecule has 37 heavy (non-hydrogen) atoms. The van der Waals surface area contributed by atoms with E-state index in [1.165, 1.54) is 4.90 Å². The average Bonchev–Trinajstić information content (AvgIpc) is 3.09. The van der Waals surface area contributed by atoms with Crippen LogP contribution in [-0.4, -0.2) is 52.1 Å². The van der Waals surface area contributed by atoms with E-state index in [1.54, 1.807) is 25.2 Å². The van der Waals surface area contributed by atoms with Gasteiger partial charge in [0.2, 0.25) is 0 Å². The Hall–Kier alpha value is -4.67. The Kier molecular flexibility index (Phi) is 7.37. The second kappa shape index (κ2) is 10.1. The van der Waals surface area contributed by atoms with Gasteiger partial charge in [-0.15, -0.1) is 0 Å². The van der Waals surface area contributed by atoms with Crippen LogP contribution in [0.1, 0.15) is 27.0 Å². The van der Waals surface area contributed by atoms with Crippen molar-refractivity contribution in [1.82, 2.24) is 4.90 Å². The van der Waals surface area contributed by atoms with Crippen LogP contribution in [-0.2, 0) is 15.1 Å². The van der Waals surface area contributed by atoms with Crippen LogP contribution >= 0.6 is 0 Å². The lowest BCUT2D eigenvalue weighted by Crippen LogP contribution is -2.41. The summed E-state index contributed by atoms with van der Waals surface area (Å²) in [6, 6.07) is 21.7. The summed E-state index contributed by atoms with van der Waals surface area (Å²) in [4.78, 5) is 39.8. The highest BCUT2D eigenvalue weighted by molar-refractivity contribution is 6.09. The highest BCUT2D eigenvalue weighted by Crippen LogP contribution is 2.42. The van der Waals surface area contributed by atoms with E-state index in [-0.39, 0.29) is 17.4 Å². The van der Waals surface area contributed by atoms with Gasteiger partial charge in [0, 0.05) is 7.05 Å². The number of aromatic carboxylic acids is 1. The van der Waals surface area contributed by atoms with E-state index in [1.807, 2.05) is 61.5 Å². The predicted octanol–water partition coefficient (Wildman–Crippen LogP) is 4.02. The summed E-state index contributed by atoms with van der Waals surface area (Å²) in [6.45, 7) is 1.92. The number of halogens is 3. The fourth-order valence-electron chi connectivity index (χ4n) is 4.00. The third kappa shape index (κ3) is 5.15. The molecule has 11 heteroatoms. The lowest BCUT2D eigenvalue weighted by Gasteiger charge is -2.28. The maximum atomic E-state index is 13.4. The molecule has 1 atom stereocenters. The Labute approximate surface area is 209 Å². The van der Waals surface area contributed by atoms with Crippen molar-refractivity contribution in [3.63, 3.8) is 0 Å². The summed E-state index contributed by atoms with van der Waals surface area (Å²) >= 11 is 0. The highest BCUT2D eigenvalue weighted by Gasteiger charge is 2.50. The molecule has 192 valence electrons. The number of carboxylic acid groups (broad SMARTS) is 2. The van der Waals surface area contributed by atoms with Gasteiger partial charge in [0.25, 0.3) is 5.91 Å². The van der Waals surface area contributed by atoms with Crippen molar-refractivity contribution in [3.8, 4) is 11.1 Å². The van der Waals surface area contributed by atoms with Crippen LogP contribution in [0, 0.1) is 6.92 Å². The number of guanidine groups is 1. The first-order valence-electron chi connectivity index (χ1n) is 10.7. The molecule has 0 aromatic heterocycles. The van der Waals surface area contributed by atoms with E-state index in [9.17, 15) is 27.9 Å². The van der Waals surface area contributed by atoms with E-state index in [2.05, 4.69) is 4.99 Å². The normalized spacial score (nSPS) is 17.1. The minimum Gasteiger partial charge on any atom is -0.478 e. The van der Waals surface area contributed by atoms with Crippen LogP contribution in [0.4, 0.5) is 13.2 Å². The van der Waals surface area contributed by atoms with E-state index in [0.717, 1.165) is 22.3 Å². The Morgan fingerprint density at radius 3 is 2.08 bits per heavy atom. The summed E-state index contributed by atoms with van der Waals surface area (Å²) in [5.74, 6) is -3.82. The van der Waals surface area contributed by atoms with Crippen LogP contribution in [0.25, 0.3) is 11.1 Å². The number of alkyl halides is 3. The minimum atomic E-state index is -5.08. The second-order valence-corrected chi connectivity index (χ2v) is 8.08. The molecular formula is C26H22F3N3O5. The molecule has 0 bridgehead atoms. The Bertz CT molecular complexity index is 1390.